The molecule has 44 heavy (non-hydrogen) atoms. The lowest BCUT2D eigenvalue weighted by molar-refractivity contribution is -0.120. The number of carbonyl (C=O) groups excluding carboxylic acids is 3. The van der Waals surface area contributed by atoms with E-state index in [1.54, 1.807) is 51.5 Å². The molecule has 5 rings (SSSR count). The van der Waals surface area contributed by atoms with Crippen LogP contribution in [0.2, 0.25) is 5.02 Å². The lowest BCUT2D eigenvalue weighted by atomic mass is 9.95. The molecule has 0 saturated carbocycles. The lowest BCUT2D eigenvalue weighted by Gasteiger charge is -2.23. The molecule has 0 saturated heterocycles. The van der Waals surface area contributed by atoms with E-state index >= 15 is 0 Å². The number of rotatable bonds is 4. The average Bonchev–Trinajstić information content (AvgIpc) is 3.38. The summed E-state index contributed by atoms with van der Waals surface area (Å²) < 4.78 is 14.7. The molecule has 0 radical (unpaired) electrons. The first-order chi connectivity index (χ1) is 21.0. The molecule has 0 aliphatic carbocycles. The Bertz CT molecular complexity index is 1650. The first-order valence-electron chi connectivity index (χ1n) is 14.2. The van der Waals surface area contributed by atoms with Gasteiger partial charge in [0, 0.05) is 37.5 Å². The number of allylic oxidation sites excluding steroid dienone is 1. The summed E-state index contributed by atoms with van der Waals surface area (Å²) in [5.74, 6) is -1.47. The Morgan fingerprint density at radius 1 is 1.14 bits per heavy atom. The van der Waals surface area contributed by atoms with Crippen molar-refractivity contribution in [3.8, 4) is 11.1 Å². The first-order valence-corrected chi connectivity index (χ1v) is 14.6. The number of nitrogens with one attached hydrogen (secondary N) is 5. The van der Waals surface area contributed by atoms with Crippen LogP contribution in [0, 0.1) is 11.7 Å². The number of amides is 4. The van der Waals surface area contributed by atoms with Gasteiger partial charge in [0.2, 0.25) is 5.91 Å². The molecule has 1 aromatic heterocycles. The van der Waals surface area contributed by atoms with Crippen molar-refractivity contribution in [3.05, 3.63) is 82.7 Å². The fourth-order valence-corrected chi connectivity index (χ4v) is 5.25. The van der Waals surface area contributed by atoms with Crippen molar-refractivity contribution in [1.29, 1.82) is 0 Å². The minimum absolute atomic E-state index is 0.0341. The predicted octanol–water partition coefficient (Wildman–Crippen LogP) is 5.31. The predicted molar refractivity (Wildman–Crippen MR) is 168 cm³/mol. The largest absolute Gasteiger partial charge is 0.342 e. The number of fused-ring (bicyclic) bond motifs is 4. The Labute approximate surface area is 259 Å². The third kappa shape index (κ3) is 6.46. The quantitative estimate of drug-likeness (QED) is 0.267. The standard InChI is InChI=1S/C31H34ClFN8O3/c1-17-7-5-9-23(36-30(43)28-18(2)41(39-38-28)26-10-6-8-22(32)27(26)33)25-15-19(13-14-34-25)21-12-11-20(35-31(44)40(3)4)16-24(21)37-29(17)42/h6,8,10-17,23,38-39H,5,7,9H2,1-4H3,(H,35,44)(H,36,43)(H,37,42)/t17-,23+/m1/s1. The average molecular weight is 621 g/mol. The van der Waals surface area contributed by atoms with Gasteiger partial charge in [0.15, 0.2) is 5.82 Å². The van der Waals surface area contributed by atoms with Crippen molar-refractivity contribution in [2.24, 2.45) is 5.92 Å². The summed E-state index contributed by atoms with van der Waals surface area (Å²) in [4.78, 5) is 45.0. The van der Waals surface area contributed by atoms with Crippen LogP contribution in [0.15, 0.2) is 66.1 Å². The van der Waals surface area contributed by atoms with Crippen LogP contribution in [0.25, 0.3) is 11.1 Å². The molecule has 3 heterocycles. The van der Waals surface area contributed by atoms with Gasteiger partial charge in [-0.15, -0.1) is 5.53 Å². The molecule has 2 aromatic carbocycles. The molecule has 2 bridgehead atoms. The van der Waals surface area contributed by atoms with Gasteiger partial charge in [-0.2, -0.15) is 0 Å². The summed E-state index contributed by atoms with van der Waals surface area (Å²) in [5.41, 5.74) is 9.76. The van der Waals surface area contributed by atoms with Crippen LogP contribution < -0.4 is 31.9 Å². The molecular weight excluding hydrogens is 587 g/mol. The minimum Gasteiger partial charge on any atom is -0.342 e. The van der Waals surface area contributed by atoms with Crippen LogP contribution in [0.3, 0.4) is 0 Å². The van der Waals surface area contributed by atoms with E-state index in [0.29, 0.717) is 42.0 Å². The second-order valence-corrected chi connectivity index (χ2v) is 11.4. The molecule has 2 aliphatic rings. The Kier molecular flexibility index (Phi) is 9.02. The molecule has 4 amide bonds. The van der Waals surface area contributed by atoms with Crippen molar-refractivity contribution >= 4 is 46.5 Å². The molecule has 230 valence electrons. The molecule has 2 aliphatic heterocycles. The van der Waals surface area contributed by atoms with Crippen LogP contribution >= 0.6 is 11.6 Å². The van der Waals surface area contributed by atoms with Gasteiger partial charge in [0.1, 0.15) is 5.70 Å². The molecule has 0 fully saturated rings. The minimum atomic E-state index is -0.615. The first kappa shape index (κ1) is 30.8. The van der Waals surface area contributed by atoms with Crippen LogP contribution in [0.1, 0.15) is 44.8 Å². The number of benzene rings is 2. The second kappa shape index (κ2) is 12.9. The lowest BCUT2D eigenvalue weighted by Crippen LogP contribution is -2.40. The third-order valence-electron chi connectivity index (χ3n) is 7.66. The van der Waals surface area contributed by atoms with E-state index in [1.165, 1.54) is 16.0 Å². The van der Waals surface area contributed by atoms with E-state index in [1.807, 2.05) is 25.1 Å². The summed E-state index contributed by atoms with van der Waals surface area (Å²) in [5, 5.41) is 10.3. The molecule has 0 unspecified atom stereocenters. The number of hydrogen-bond donors (Lipinski definition) is 5. The Morgan fingerprint density at radius 2 is 1.93 bits per heavy atom. The maximum absolute atomic E-state index is 14.7. The summed E-state index contributed by atoms with van der Waals surface area (Å²) in [6.07, 6.45) is 3.41. The van der Waals surface area contributed by atoms with E-state index < -0.39 is 17.8 Å². The fourth-order valence-electron chi connectivity index (χ4n) is 5.08. The number of carbonyl (C=O) groups is 3. The van der Waals surface area contributed by atoms with E-state index in [2.05, 4.69) is 31.9 Å². The van der Waals surface area contributed by atoms with Crippen molar-refractivity contribution in [2.75, 3.05) is 29.7 Å². The van der Waals surface area contributed by atoms with Crippen LogP contribution in [0.4, 0.5) is 26.2 Å². The zero-order chi connectivity index (χ0) is 31.5. The smallest absolute Gasteiger partial charge is 0.321 e. The van der Waals surface area contributed by atoms with Crippen molar-refractivity contribution in [3.63, 3.8) is 0 Å². The van der Waals surface area contributed by atoms with Crippen molar-refractivity contribution in [2.45, 2.75) is 39.2 Å². The molecule has 11 nitrogen and oxygen atoms in total. The second-order valence-electron chi connectivity index (χ2n) is 11.0. The number of hydrazine groups is 2. The van der Waals surface area contributed by atoms with Crippen molar-refractivity contribution < 1.29 is 18.8 Å². The number of hydrogen-bond acceptors (Lipinski definition) is 7. The topological polar surface area (TPSA) is 131 Å². The Hall–Kier alpha value is -4.68. The van der Waals surface area contributed by atoms with Gasteiger partial charge in [0.05, 0.1) is 33.8 Å². The highest BCUT2D eigenvalue weighted by Crippen LogP contribution is 2.34. The molecule has 2 atom stereocenters. The van der Waals surface area contributed by atoms with Crippen LogP contribution in [-0.4, -0.2) is 41.8 Å². The number of nitrogens with zero attached hydrogens (tertiary/aromatic N) is 3. The Morgan fingerprint density at radius 3 is 2.70 bits per heavy atom. The summed E-state index contributed by atoms with van der Waals surface area (Å²) >= 11 is 5.97. The molecular formula is C31H34ClFN8O3. The summed E-state index contributed by atoms with van der Waals surface area (Å²) in [6, 6.07) is 12.9. The van der Waals surface area contributed by atoms with Gasteiger partial charge < -0.3 is 20.9 Å². The summed E-state index contributed by atoms with van der Waals surface area (Å²) in [7, 11) is 3.29. The number of anilines is 3. The Balaban J connectivity index is 1.46. The monoisotopic (exact) mass is 620 g/mol. The molecule has 13 heteroatoms. The van der Waals surface area contributed by atoms with Crippen molar-refractivity contribution in [1.82, 2.24) is 26.2 Å². The maximum atomic E-state index is 14.7. The van der Waals surface area contributed by atoms with Gasteiger partial charge in [-0.05, 0) is 61.7 Å². The number of urea groups is 1. The molecule has 0 spiro atoms. The molecule has 3 aromatic rings. The van der Waals surface area contributed by atoms with E-state index in [0.717, 1.165) is 11.1 Å². The highest BCUT2D eigenvalue weighted by Gasteiger charge is 2.29. The normalized spacial score (nSPS) is 18.3. The van der Waals surface area contributed by atoms with Gasteiger partial charge in [-0.1, -0.05) is 37.1 Å². The van der Waals surface area contributed by atoms with Crippen LogP contribution in [0.5, 0.6) is 0 Å². The van der Waals surface area contributed by atoms with E-state index in [9.17, 15) is 18.8 Å². The highest BCUT2D eigenvalue weighted by atomic mass is 35.5. The zero-order valence-corrected chi connectivity index (χ0v) is 25.6. The fraction of sp³-hybridized carbons (Fsp3) is 0.290. The zero-order valence-electron chi connectivity index (χ0n) is 24.8. The third-order valence-corrected chi connectivity index (χ3v) is 7.95. The van der Waals surface area contributed by atoms with E-state index in [-0.39, 0.29) is 34.3 Å². The number of pyridine rings is 1. The highest BCUT2D eigenvalue weighted by molar-refractivity contribution is 6.31. The summed E-state index contributed by atoms with van der Waals surface area (Å²) in [6.45, 7) is 3.55. The van der Waals surface area contributed by atoms with Crippen LogP contribution in [-0.2, 0) is 9.59 Å². The van der Waals surface area contributed by atoms with Gasteiger partial charge in [-0.25, -0.2) is 9.18 Å². The molecule has 5 N–H and O–H groups in total. The van der Waals surface area contributed by atoms with Gasteiger partial charge in [0.25, 0.3) is 5.91 Å². The van der Waals surface area contributed by atoms with Gasteiger partial charge in [-0.3, -0.25) is 25.0 Å². The van der Waals surface area contributed by atoms with Gasteiger partial charge >= 0.3 is 6.03 Å². The number of halogens is 2. The SMILES string of the molecule is CC1=C(C(=O)N[C@H]2CCC[C@@H](C)C(=O)Nc3cc(NC(=O)N(C)C)ccc3-c3ccnc2c3)NNN1c1cccc(Cl)c1F. The number of aromatic nitrogens is 1. The van der Waals surface area contributed by atoms with E-state index in [4.69, 9.17) is 11.6 Å². The maximum Gasteiger partial charge on any atom is 0.321 e.